The summed E-state index contributed by atoms with van der Waals surface area (Å²) in [4.78, 5) is 32.9. The van der Waals surface area contributed by atoms with Gasteiger partial charge in [-0.1, -0.05) is 31.0 Å². The molecule has 28 heavy (non-hydrogen) atoms. The number of carbonyl (C=O) groups is 1. The van der Waals surface area contributed by atoms with Crippen LogP contribution in [0.2, 0.25) is 0 Å². The third kappa shape index (κ3) is 3.88. The van der Waals surface area contributed by atoms with Crippen LogP contribution in [-0.4, -0.2) is 26.8 Å². The molecule has 4 rings (SSSR count). The SMILES string of the molecule is CCn1c(SC(C)C(=O)NC2CCCCC2)nc2sc3c(c2c1=O)CCCC3. The molecule has 2 heterocycles. The molecule has 1 saturated carbocycles. The van der Waals surface area contributed by atoms with Crippen LogP contribution in [0, 0.1) is 0 Å². The first-order valence-electron chi connectivity index (χ1n) is 10.6. The summed E-state index contributed by atoms with van der Waals surface area (Å²) in [6, 6.07) is 0.303. The molecule has 152 valence electrons. The Hall–Kier alpha value is -1.34. The molecule has 0 saturated heterocycles. The summed E-state index contributed by atoms with van der Waals surface area (Å²) in [7, 11) is 0. The van der Waals surface area contributed by atoms with Crippen LogP contribution >= 0.6 is 23.1 Å². The molecule has 0 aliphatic heterocycles. The van der Waals surface area contributed by atoms with Gasteiger partial charge in [0.1, 0.15) is 4.83 Å². The number of hydrogen-bond donors (Lipinski definition) is 1. The van der Waals surface area contributed by atoms with Gasteiger partial charge in [-0.25, -0.2) is 4.98 Å². The van der Waals surface area contributed by atoms with Crippen LogP contribution in [0.3, 0.4) is 0 Å². The molecule has 0 aromatic carbocycles. The Bertz CT molecular complexity index is 928. The molecular weight excluding hydrogens is 390 g/mol. The molecule has 0 bridgehead atoms. The van der Waals surface area contributed by atoms with Gasteiger partial charge in [0.05, 0.1) is 10.6 Å². The smallest absolute Gasteiger partial charge is 0.263 e. The fourth-order valence-electron chi connectivity index (χ4n) is 4.37. The minimum atomic E-state index is -0.265. The van der Waals surface area contributed by atoms with Crippen LogP contribution in [0.5, 0.6) is 0 Å². The van der Waals surface area contributed by atoms with E-state index in [4.69, 9.17) is 4.98 Å². The zero-order chi connectivity index (χ0) is 19.7. The molecule has 7 heteroatoms. The number of nitrogens with zero attached hydrogens (tertiary/aromatic N) is 2. The molecule has 2 aliphatic carbocycles. The second-order valence-corrected chi connectivity index (χ2v) is 10.3. The quantitative estimate of drug-likeness (QED) is 0.580. The number of aryl methyl sites for hydroxylation is 2. The second-order valence-electron chi connectivity index (χ2n) is 7.94. The predicted octanol–water partition coefficient (Wildman–Crippen LogP) is 4.29. The van der Waals surface area contributed by atoms with Crippen LogP contribution in [0.4, 0.5) is 0 Å². The van der Waals surface area contributed by atoms with Crippen molar-refractivity contribution in [3.05, 3.63) is 20.8 Å². The maximum atomic E-state index is 13.2. The van der Waals surface area contributed by atoms with Crippen molar-refractivity contribution in [2.75, 3.05) is 0 Å². The number of fused-ring (bicyclic) bond motifs is 3. The largest absolute Gasteiger partial charge is 0.352 e. The van der Waals surface area contributed by atoms with E-state index in [2.05, 4.69) is 5.32 Å². The van der Waals surface area contributed by atoms with Gasteiger partial charge in [-0.3, -0.25) is 14.2 Å². The van der Waals surface area contributed by atoms with Crippen molar-refractivity contribution in [2.45, 2.75) is 94.6 Å². The molecular formula is C21H29N3O2S2. The maximum absolute atomic E-state index is 13.2. The molecule has 1 unspecified atom stereocenters. The topological polar surface area (TPSA) is 64.0 Å². The standard InChI is InChI=1S/C21H29N3O2S2/c1-3-24-20(26)17-15-11-7-8-12-16(15)28-19(17)23-21(24)27-13(2)18(25)22-14-9-5-4-6-10-14/h13-14H,3-12H2,1-2H3,(H,22,25). The monoisotopic (exact) mass is 419 g/mol. The van der Waals surface area contributed by atoms with Crippen LogP contribution in [0.1, 0.15) is 69.2 Å². The summed E-state index contributed by atoms with van der Waals surface area (Å²) in [5.41, 5.74) is 1.29. The Morgan fingerprint density at radius 3 is 2.75 bits per heavy atom. The van der Waals surface area contributed by atoms with Crippen LogP contribution in [0.15, 0.2) is 9.95 Å². The van der Waals surface area contributed by atoms with Gasteiger partial charge in [0.2, 0.25) is 5.91 Å². The molecule has 0 radical (unpaired) electrons. The number of hydrogen-bond acceptors (Lipinski definition) is 5. The zero-order valence-corrected chi connectivity index (χ0v) is 18.4. The van der Waals surface area contributed by atoms with Crippen molar-refractivity contribution < 1.29 is 4.79 Å². The highest BCUT2D eigenvalue weighted by Crippen LogP contribution is 2.35. The predicted molar refractivity (Wildman–Crippen MR) is 117 cm³/mol. The van der Waals surface area contributed by atoms with E-state index >= 15 is 0 Å². The average molecular weight is 420 g/mol. The molecule has 2 aliphatic rings. The lowest BCUT2D eigenvalue weighted by molar-refractivity contribution is -0.121. The lowest BCUT2D eigenvalue weighted by Gasteiger charge is -2.24. The summed E-state index contributed by atoms with van der Waals surface area (Å²) in [5.74, 6) is 0.0550. The fraction of sp³-hybridized carbons (Fsp3) is 0.667. The third-order valence-electron chi connectivity index (χ3n) is 5.96. The molecule has 1 amide bonds. The lowest BCUT2D eigenvalue weighted by Crippen LogP contribution is -2.40. The molecule has 2 aromatic heterocycles. The van der Waals surface area contributed by atoms with Gasteiger partial charge in [-0.2, -0.15) is 0 Å². The highest BCUT2D eigenvalue weighted by molar-refractivity contribution is 8.00. The second kappa shape index (κ2) is 8.57. The lowest BCUT2D eigenvalue weighted by atomic mass is 9.95. The Kier molecular flexibility index (Phi) is 6.11. The fourth-order valence-corrected chi connectivity index (χ4v) is 6.65. The summed E-state index contributed by atoms with van der Waals surface area (Å²) in [6.45, 7) is 4.47. The Morgan fingerprint density at radius 2 is 2.00 bits per heavy atom. The van der Waals surface area contributed by atoms with Gasteiger partial charge in [0.15, 0.2) is 5.16 Å². The van der Waals surface area contributed by atoms with E-state index in [1.807, 2.05) is 13.8 Å². The normalized spacial score (nSPS) is 18.8. The van der Waals surface area contributed by atoms with Crippen molar-refractivity contribution in [1.82, 2.24) is 14.9 Å². The Labute approximate surface area is 174 Å². The van der Waals surface area contributed by atoms with Gasteiger partial charge in [-0.05, 0) is 57.9 Å². The molecule has 1 atom stereocenters. The first-order chi connectivity index (χ1) is 13.6. The van der Waals surface area contributed by atoms with Gasteiger partial charge < -0.3 is 5.32 Å². The van der Waals surface area contributed by atoms with Crippen LogP contribution < -0.4 is 10.9 Å². The number of amides is 1. The minimum Gasteiger partial charge on any atom is -0.352 e. The molecule has 1 fully saturated rings. The first-order valence-corrected chi connectivity index (χ1v) is 12.3. The summed E-state index contributed by atoms with van der Waals surface area (Å²) >= 11 is 3.09. The zero-order valence-electron chi connectivity index (χ0n) is 16.8. The van der Waals surface area contributed by atoms with E-state index < -0.39 is 0 Å². The Morgan fingerprint density at radius 1 is 1.25 bits per heavy atom. The average Bonchev–Trinajstić information content (AvgIpc) is 3.07. The third-order valence-corrected chi connectivity index (χ3v) is 8.23. The van der Waals surface area contributed by atoms with E-state index in [-0.39, 0.29) is 16.7 Å². The minimum absolute atomic E-state index is 0.0550. The van der Waals surface area contributed by atoms with E-state index in [1.54, 1.807) is 15.9 Å². The summed E-state index contributed by atoms with van der Waals surface area (Å²) < 4.78 is 1.75. The summed E-state index contributed by atoms with van der Waals surface area (Å²) in [5, 5.41) is 4.43. The number of thiophene rings is 1. The maximum Gasteiger partial charge on any atom is 0.263 e. The summed E-state index contributed by atoms with van der Waals surface area (Å²) in [6.07, 6.45) is 10.2. The number of thioether (sulfide) groups is 1. The van der Waals surface area contributed by atoms with Crippen LogP contribution in [-0.2, 0) is 24.2 Å². The molecule has 5 nitrogen and oxygen atoms in total. The van der Waals surface area contributed by atoms with Gasteiger partial charge in [-0.15, -0.1) is 11.3 Å². The van der Waals surface area contributed by atoms with Crippen LogP contribution in [0.25, 0.3) is 10.2 Å². The Balaban J connectivity index is 1.59. The van der Waals surface area contributed by atoms with Gasteiger partial charge >= 0.3 is 0 Å². The highest BCUT2D eigenvalue weighted by Gasteiger charge is 2.25. The van der Waals surface area contributed by atoms with Crippen molar-refractivity contribution in [3.63, 3.8) is 0 Å². The van der Waals surface area contributed by atoms with Crippen molar-refractivity contribution in [2.24, 2.45) is 0 Å². The first kappa shape index (κ1) is 20.0. The van der Waals surface area contributed by atoms with Gasteiger partial charge in [0.25, 0.3) is 5.56 Å². The molecule has 2 aromatic rings. The van der Waals surface area contributed by atoms with E-state index in [9.17, 15) is 9.59 Å². The number of rotatable bonds is 5. The molecule has 1 N–H and O–H groups in total. The number of aromatic nitrogens is 2. The highest BCUT2D eigenvalue weighted by atomic mass is 32.2. The number of carbonyl (C=O) groups excluding carboxylic acids is 1. The number of nitrogens with one attached hydrogen (secondary N) is 1. The van der Waals surface area contributed by atoms with Crippen molar-refractivity contribution in [3.8, 4) is 0 Å². The molecule has 0 spiro atoms. The van der Waals surface area contributed by atoms with Crippen molar-refractivity contribution >= 4 is 39.2 Å². The van der Waals surface area contributed by atoms with Gasteiger partial charge in [0, 0.05) is 17.5 Å². The van der Waals surface area contributed by atoms with E-state index in [0.717, 1.165) is 42.3 Å². The van der Waals surface area contributed by atoms with E-state index in [0.29, 0.717) is 17.7 Å². The van der Waals surface area contributed by atoms with E-state index in [1.165, 1.54) is 47.9 Å². The van der Waals surface area contributed by atoms with Crippen molar-refractivity contribution in [1.29, 1.82) is 0 Å².